The van der Waals surface area contributed by atoms with Crippen LogP contribution in [0.3, 0.4) is 0 Å². The number of oxazole rings is 1. The molecule has 0 bridgehead atoms. The molecule has 0 N–H and O–H groups in total. The molecular weight excluding hydrogens is 238 g/mol. The highest BCUT2D eigenvalue weighted by Crippen LogP contribution is 2.28. The van der Waals surface area contributed by atoms with E-state index in [1.807, 2.05) is 36.4 Å². The van der Waals surface area contributed by atoms with Crippen molar-refractivity contribution in [3.8, 4) is 17.2 Å². The van der Waals surface area contributed by atoms with Crippen LogP contribution in [0.2, 0.25) is 0 Å². The van der Waals surface area contributed by atoms with E-state index >= 15 is 0 Å². The summed E-state index contributed by atoms with van der Waals surface area (Å²) in [5.74, 6) is 1.44. The average molecular weight is 253 g/mol. The van der Waals surface area contributed by atoms with Gasteiger partial charge >= 0.3 is 0 Å². The largest absolute Gasteiger partial charge is 0.497 e. The molecule has 3 heteroatoms. The monoisotopic (exact) mass is 253 g/mol. The predicted molar refractivity (Wildman–Crippen MR) is 75.4 cm³/mol. The van der Waals surface area contributed by atoms with E-state index in [1.54, 1.807) is 7.11 Å². The Morgan fingerprint density at radius 2 is 2.00 bits per heavy atom. The molecule has 0 fully saturated rings. The van der Waals surface area contributed by atoms with Crippen LogP contribution in [0.4, 0.5) is 0 Å². The van der Waals surface area contributed by atoms with Gasteiger partial charge in [0.2, 0.25) is 5.89 Å². The summed E-state index contributed by atoms with van der Waals surface area (Å²) < 4.78 is 11.1. The number of hydrogen-bond donors (Lipinski definition) is 0. The topological polar surface area (TPSA) is 35.3 Å². The summed E-state index contributed by atoms with van der Waals surface area (Å²) in [6.07, 6.45) is 0.935. The number of fused-ring (bicyclic) bond motifs is 1. The second-order valence-electron chi connectivity index (χ2n) is 4.37. The zero-order chi connectivity index (χ0) is 13.2. The average Bonchev–Trinajstić information content (AvgIpc) is 2.91. The summed E-state index contributed by atoms with van der Waals surface area (Å²) in [7, 11) is 1.65. The summed E-state index contributed by atoms with van der Waals surface area (Å²) in [6.45, 7) is 2.11. The van der Waals surface area contributed by atoms with E-state index in [9.17, 15) is 0 Å². The first-order valence-corrected chi connectivity index (χ1v) is 6.34. The van der Waals surface area contributed by atoms with E-state index in [1.165, 1.54) is 5.56 Å². The molecule has 3 nitrogen and oxygen atoms in total. The van der Waals surface area contributed by atoms with E-state index in [0.29, 0.717) is 5.89 Å². The molecule has 1 heterocycles. The minimum atomic E-state index is 0.634. The zero-order valence-corrected chi connectivity index (χ0v) is 11.0. The van der Waals surface area contributed by atoms with Crippen LogP contribution < -0.4 is 4.74 Å². The highest BCUT2D eigenvalue weighted by Gasteiger charge is 2.11. The Bertz CT molecular complexity index is 716. The van der Waals surface area contributed by atoms with Gasteiger partial charge in [-0.25, -0.2) is 4.98 Å². The number of hydrogen-bond acceptors (Lipinski definition) is 3. The summed E-state index contributed by atoms with van der Waals surface area (Å²) in [6, 6.07) is 13.8. The van der Waals surface area contributed by atoms with Gasteiger partial charge in [0.1, 0.15) is 11.3 Å². The van der Waals surface area contributed by atoms with Gasteiger partial charge in [-0.1, -0.05) is 25.1 Å². The van der Waals surface area contributed by atoms with Crippen LogP contribution in [0.5, 0.6) is 5.75 Å². The number of para-hydroxylation sites is 1. The lowest BCUT2D eigenvalue weighted by atomic mass is 10.1. The van der Waals surface area contributed by atoms with Gasteiger partial charge in [-0.05, 0) is 36.2 Å². The Hall–Kier alpha value is -2.29. The molecule has 0 aliphatic heterocycles. The van der Waals surface area contributed by atoms with E-state index in [4.69, 9.17) is 9.15 Å². The van der Waals surface area contributed by atoms with Crippen LogP contribution in [0.15, 0.2) is 46.9 Å². The van der Waals surface area contributed by atoms with Crippen molar-refractivity contribution in [3.63, 3.8) is 0 Å². The quantitative estimate of drug-likeness (QED) is 0.706. The lowest BCUT2D eigenvalue weighted by Crippen LogP contribution is -1.83. The van der Waals surface area contributed by atoms with E-state index < -0.39 is 0 Å². The van der Waals surface area contributed by atoms with Crippen LogP contribution >= 0.6 is 0 Å². The number of ether oxygens (including phenoxy) is 1. The van der Waals surface area contributed by atoms with Gasteiger partial charge < -0.3 is 9.15 Å². The summed E-state index contributed by atoms with van der Waals surface area (Å²) >= 11 is 0. The van der Waals surface area contributed by atoms with Gasteiger partial charge in [-0.15, -0.1) is 0 Å². The maximum absolute atomic E-state index is 5.91. The van der Waals surface area contributed by atoms with E-state index in [2.05, 4.69) is 18.0 Å². The van der Waals surface area contributed by atoms with Crippen molar-refractivity contribution in [2.24, 2.45) is 0 Å². The molecule has 0 saturated heterocycles. The molecule has 0 unspecified atom stereocenters. The van der Waals surface area contributed by atoms with E-state index in [0.717, 1.165) is 28.8 Å². The highest BCUT2D eigenvalue weighted by atomic mass is 16.5. The molecule has 2 aromatic carbocycles. The first-order chi connectivity index (χ1) is 9.31. The third-order valence-electron chi connectivity index (χ3n) is 3.19. The SMILES string of the molecule is CCc1cccc2nc(-c3cccc(OC)c3)oc12. The number of methoxy groups -OCH3 is 1. The molecule has 3 aromatic rings. The first kappa shape index (κ1) is 11.8. The van der Waals surface area contributed by atoms with Crippen molar-refractivity contribution in [2.45, 2.75) is 13.3 Å². The molecule has 0 spiro atoms. The Kier molecular flexibility index (Phi) is 2.95. The molecule has 0 aliphatic carbocycles. The molecule has 0 radical (unpaired) electrons. The maximum atomic E-state index is 5.91. The lowest BCUT2D eigenvalue weighted by molar-refractivity contribution is 0.415. The van der Waals surface area contributed by atoms with Gasteiger partial charge in [-0.2, -0.15) is 0 Å². The Morgan fingerprint density at radius 1 is 1.16 bits per heavy atom. The van der Waals surface area contributed by atoms with Crippen molar-refractivity contribution < 1.29 is 9.15 Å². The Balaban J connectivity index is 2.15. The summed E-state index contributed by atoms with van der Waals surface area (Å²) in [4.78, 5) is 4.54. The fourth-order valence-corrected chi connectivity index (χ4v) is 2.16. The summed E-state index contributed by atoms with van der Waals surface area (Å²) in [5.41, 5.74) is 3.89. The smallest absolute Gasteiger partial charge is 0.227 e. The molecule has 1 aromatic heterocycles. The molecule has 0 amide bonds. The van der Waals surface area contributed by atoms with Gasteiger partial charge in [0.05, 0.1) is 7.11 Å². The number of rotatable bonds is 3. The van der Waals surface area contributed by atoms with Crippen LogP contribution in [0.1, 0.15) is 12.5 Å². The molecule has 0 saturated carbocycles. The van der Waals surface area contributed by atoms with Crippen molar-refractivity contribution in [3.05, 3.63) is 48.0 Å². The third-order valence-corrected chi connectivity index (χ3v) is 3.19. The van der Waals surface area contributed by atoms with Crippen LogP contribution in [-0.4, -0.2) is 12.1 Å². The van der Waals surface area contributed by atoms with Crippen molar-refractivity contribution >= 4 is 11.1 Å². The second kappa shape index (κ2) is 4.76. The molecular formula is C16H15NO2. The number of nitrogens with zero attached hydrogens (tertiary/aromatic N) is 1. The fraction of sp³-hybridized carbons (Fsp3) is 0.188. The zero-order valence-electron chi connectivity index (χ0n) is 11.0. The van der Waals surface area contributed by atoms with Crippen LogP contribution in [0, 0.1) is 0 Å². The van der Waals surface area contributed by atoms with Gasteiger partial charge in [0, 0.05) is 5.56 Å². The third kappa shape index (κ3) is 2.08. The minimum absolute atomic E-state index is 0.634. The fourth-order valence-electron chi connectivity index (χ4n) is 2.16. The molecule has 19 heavy (non-hydrogen) atoms. The number of benzene rings is 2. The molecule has 96 valence electrons. The van der Waals surface area contributed by atoms with Crippen LogP contribution in [0.25, 0.3) is 22.6 Å². The normalized spacial score (nSPS) is 10.8. The minimum Gasteiger partial charge on any atom is -0.497 e. The van der Waals surface area contributed by atoms with Crippen molar-refractivity contribution in [1.82, 2.24) is 4.98 Å². The van der Waals surface area contributed by atoms with E-state index in [-0.39, 0.29) is 0 Å². The second-order valence-corrected chi connectivity index (χ2v) is 4.37. The van der Waals surface area contributed by atoms with Crippen molar-refractivity contribution in [2.75, 3.05) is 7.11 Å². The Labute approximate surface area is 111 Å². The maximum Gasteiger partial charge on any atom is 0.227 e. The van der Waals surface area contributed by atoms with Gasteiger partial charge in [-0.3, -0.25) is 0 Å². The summed E-state index contributed by atoms with van der Waals surface area (Å²) in [5, 5.41) is 0. The highest BCUT2D eigenvalue weighted by molar-refractivity contribution is 5.79. The predicted octanol–water partition coefficient (Wildman–Crippen LogP) is 4.07. The first-order valence-electron chi connectivity index (χ1n) is 6.34. The van der Waals surface area contributed by atoms with Crippen molar-refractivity contribution in [1.29, 1.82) is 0 Å². The molecule has 3 rings (SSSR count). The van der Waals surface area contributed by atoms with Gasteiger partial charge in [0.25, 0.3) is 0 Å². The standard InChI is InChI=1S/C16H15NO2/c1-3-11-6-5-9-14-15(11)19-16(17-14)12-7-4-8-13(10-12)18-2/h4-10H,3H2,1-2H3. The lowest BCUT2D eigenvalue weighted by Gasteiger charge is -2.00. The Morgan fingerprint density at radius 3 is 2.79 bits per heavy atom. The van der Waals surface area contributed by atoms with Gasteiger partial charge in [0.15, 0.2) is 5.58 Å². The number of aryl methyl sites for hydroxylation is 1. The number of aromatic nitrogens is 1. The molecule has 0 atom stereocenters. The van der Waals surface area contributed by atoms with Crippen LogP contribution in [-0.2, 0) is 6.42 Å². The molecule has 0 aliphatic rings.